The molecular formula is C14H26O2. The van der Waals surface area contributed by atoms with Crippen molar-refractivity contribution in [2.24, 2.45) is 11.8 Å². The quantitative estimate of drug-likeness (QED) is 0.506. The van der Waals surface area contributed by atoms with Gasteiger partial charge in [0.2, 0.25) is 0 Å². The molecule has 2 nitrogen and oxygen atoms in total. The summed E-state index contributed by atoms with van der Waals surface area (Å²) in [4.78, 5) is 11.7. The molecule has 0 spiro atoms. The zero-order chi connectivity index (χ0) is 12.2. The van der Waals surface area contributed by atoms with Crippen LogP contribution in [-0.2, 0) is 9.53 Å². The topological polar surface area (TPSA) is 26.3 Å². The third kappa shape index (κ3) is 5.00. The fourth-order valence-electron chi connectivity index (χ4n) is 2.07. The van der Waals surface area contributed by atoms with Crippen molar-refractivity contribution in [2.75, 3.05) is 0 Å². The van der Waals surface area contributed by atoms with Crippen LogP contribution in [0.2, 0.25) is 0 Å². The van der Waals surface area contributed by atoms with Gasteiger partial charge in [-0.3, -0.25) is 4.79 Å². The van der Waals surface area contributed by atoms with Gasteiger partial charge in [0.05, 0.1) is 5.92 Å². The van der Waals surface area contributed by atoms with Crippen LogP contribution in [0.25, 0.3) is 0 Å². The first-order valence-corrected chi connectivity index (χ1v) is 6.67. The van der Waals surface area contributed by atoms with Gasteiger partial charge in [0.15, 0.2) is 0 Å². The Balaban J connectivity index is 2.11. The van der Waals surface area contributed by atoms with E-state index in [9.17, 15) is 4.79 Å². The Morgan fingerprint density at radius 1 is 1.25 bits per heavy atom. The van der Waals surface area contributed by atoms with Crippen LogP contribution < -0.4 is 0 Å². The molecule has 0 aliphatic heterocycles. The molecule has 1 aliphatic carbocycles. The number of esters is 1. The van der Waals surface area contributed by atoms with E-state index in [0.717, 1.165) is 6.42 Å². The van der Waals surface area contributed by atoms with Gasteiger partial charge in [0.1, 0.15) is 5.60 Å². The molecule has 0 amide bonds. The van der Waals surface area contributed by atoms with Crippen LogP contribution in [-0.4, -0.2) is 11.6 Å². The Labute approximate surface area is 99.8 Å². The molecule has 0 saturated heterocycles. The molecule has 0 aromatic heterocycles. The van der Waals surface area contributed by atoms with E-state index < -0.39 is 0 Å². The van der Waals surface area contributed by atoms with Crippen LogP contribution in [0.3, 0.4) is 0 Å². The highest BCUT2D eigenvalue weighted by atomic mass is 16.6. The van der Waals surface area contributed by atoms with E-state index in [-0.39, 0.29) is 17.5 Å². The highest BCUT2D eigenvalue weighted by Crippen LogP contribution is 2.43. The van der Waals surface area contributed by atoms with E-state index in [1.807, 2.05) is 20.8 Å². The molecular weight excluding hydrogens is 200 g/mol. The molecule has 2 heteroatoms. The lowest BCUT2D eigenvalue weighted by atomic mass is 10.1. The molecule has 16 heavy (non-hydrogen) atoms. The highest BCUT2D eigenvalue weighted by molar-refractivity contribution is 5.76. The molecule has 0 aromatic carbocycles. The fourth-order valence-corrected chi connectivity index (χ4v) is 2.07. The second-order valence-corrected chi connectivity index (χ2v) is 5.99. The third-order valence-electron chi connectivity index (χ3n) is 3.06. The molecule has 1 saturated carbocycles. The molecule has 1 aliphatic rings. The van der Waals surface area contributed by atoms with Gasteiger partial charge in [-0.2, -0.15) is 0 Å². The molecule has 0 bridgehead atoms. The van der Waals surface area contributed by atoms with Crippen molar-refractivity contribution < 1.29 is 9.53 Å². The zero-order valence-corrected chi connectivity index (χ0v) is 11.2. The lowest BCUT2D eigenvalue weighted by Gasteiger charge is -2.19. The van der Waals surface area contributed by atoms with E-state index in [0.29, 0.717) is 5.92 Å². The minimum Gasteiger partial charge on any atom is -0.460 e. The summed E-state index contributed by atoms with van der Waals surface area (Å²) in [5.41, 5.74) is -0.327. The van der Waals surface area contributed by atoms with Crippen LogP contribution in [0.4, 0.5) is 0 Å². The summed E-state index contributed by atoms with van der Waals surface area (Å²) in [6, 6.07) is 0. The number of hydrogen-bond donors (Lipinski definition) is 0. The number of carbonyl (C=O) groups is 1. The minimum absolute atomic E-state index is 0.0213. The number of rotatable bonds is 6. The number of hydrogen-bond acceptors (Lipinski definition) is 2. The Bertz CT molecular complexity index is 227. The molecule has 0 heterocycles. The zero-order valence-electron chi connectivity index (χ0n) is 11.2. The molecule has 0 unspecified atom stereocenters. The molecule has 94 valence electrons. The summed E-state index contributed by atoms with van der Waals surface area (Å²) < 4.78 is 5.38. The molecule has 0 aromatic rings. The first-order chi connectivity index (χ1) is 7.44. The smallest absolute Gasteiger partial charge is 0.309 e. The van der Waals surface area contributed by atoms with Gasteiger partial charge < -0.3 is 4.74 Å². The predicted molar refractivity (Wildman–Crippen MR) is 66.2 cm³/mol. The van der Waals surface area contributed by atoms with Crippen LogP contribution in [0.5, 0.6) is 0 Å². The second kappa shape index (κ2) is 5.70. The van der Waals surface area contributed by atoms with E-state index in [1.54, 1.807) is 0 Å². The van der Waals surface area contributed by atoms with Crippen LogP contribution in [0.15, 0.2) is 0 Å². The Morgan fingerprint density at radius 3 is 2.50 bits per heavy atom. The van der Waals surface area contributed by atoms with E-state index in [4.69, 9.17) is 4.74 Å². The van der Waals surface area contributed by atoms with E-state index in [2.05, 4.69) is 6.92 Å². The van der Waals surface area contributed by atoms with Crippen molar-refractivity contribution in [1.29, 1.82) is 0 Å². The first kappa shape index (κ1) is 13.5. The lowest BCUT2D eigenvalue weighted by Crippen LogP contribution is -2.25. The molecule has 1 fully saturated rings. The van der Waals surface area contributed by atoms with Crippen LogP contribution in [0.1, 0.15) is 66.2 Å². The van der Waals surface area contributed by atoms with Crippen molar-refractivity contribution in [3.63, 3.8) is 0 Å². The monoisotopic (exact) mass is 226 g/mol. The summed E-state index contributed by atoms with van der Waals surface area (Å²) in [7, 11) is 0. The SMILES string of the molecule is CCCCCC[C@H]1C[C@H]1C(=O)OC(C)(C)C. The summed E-state index contributed by atoms with van der Waals surface area (Å²) in [6.45, 7) is 8.03. The largest absolute Gasteiger partial charge is 0.460 e. The van der Waals surface area contributed by atoms with Gasteiger partial charge >= 0.3 is 5.97 Å². The lowest BCUT2D eigenvalue weighted by molar-refractivity contribution is -0.156. The van der Waals surface area contributed by atoms with Gasteiger partial charge in [-0.25, -0.2) is 0 Å². The number of ether oxygens (including phenoxy) is 1. The number of carbonyl (C=O) groups excluding carboxylic acids is 1. The average molecular weight is 226 g/mol. The molecule has 0 N–H and O–H groups in total. The van der Waals surface area contributed by atoms with Gasteiger partial charge in [0, 0.05) is 0 Å². The number of unbranched alkanes of at least 4 members (excludes halogenated alkanes) is 3. The Kier molecular flexibility index (Phi) is 4.82. The Morgan fingerprint density at radius 2 is 1.94 bits per heavy atom. The molecule has 0 radical (unpaired) electrons. The molecule has 1 rings (SSSR count). The van der Waals surface area contributed by atoms with Crippen molar-refractivity contribution in [2.45, 2.75) is 71.8 Å². The van der Waals surface area contributed by atoms with E-state index >= 15 is 0 Å². The van der Waals surface area contributed by atoms with Crippen molar-refractivity contribution in [3.8, 4) is 0 Å². The standard InChI is InChI=1S/C14H26O2/c1-5-6-7-8-9-11-10-12(11)13(15)16-14(2,3)4/h11-12H,5-10H2,1-4H3/t11-,12+/m0/s1. The highest BCUT2D eigenvalue weighted by Gasteiger charge is 2.44. The summed E-state index contributed by atoms with van der Waals surface area (Å²) >= 11 is 0. The maximum Gasteiger partial charge on any atom is 0.309 e. The predicted octanol–water partition coefficient (Wildman–Crippen LogP) is 3.93. The van der Waals surface area contributed by atoms with Gasteiger partial charge in [-0.1, -0.05) is 32.6 Å². The van der Waals surface area contributed by atoms with Gasteiger partial charge in [-0.05, 0) is 39.5 Å². The summed E-state index contributed by atoms with van der Waals surface area (Å²) in [5, 5.41) is 0. The maximum atomic E-state index is 11.7. The average Bonchev–Trinajstić information content (AvgIpc) is 2.89. The maximum absolute atomic E-state index is 11.7. The van der Waals surface area contributed by atoms with E-state index in [1.165, 1.54) is 32.1 Å². The third-order valence-corrected chi connectivity index (χ3v) is 3.06. The Hall–Kier alpha value is -0.530. The van der Waals surface area contributed by atoms with Gasteiger partial charge in [0.25, 0.3) is 0 Å². The van der Waals surface area contributed by atoms with Crippen LogP contribution in [0, 0.1) is 11.8 Å². The first-order valence-electron chi connectivity index (χ1n) is 6.67. The summed E-state index contributed by atoms with van der Waals surface area (Å²) in [5.74, 6) is 0.848. The van der Waals surface area contributed by atoms with Crippen LogP contribution >= 0.6 is 0 Å². The fraction of sp³-hybridized carbons (Fsp3) is 0.929. The van der Waals surface area contributed by atoms with Gasteiger partial charge in [-0.15, -0.1) is 0 Å². The normalized spacial score (nSPS) is 24.2. The van der Waals surface area contributed by atoms with Crippen molar-refractivity contribution >= 4 is 5.97 Å². The second-order valence-electron chi connectivity index (χ2n) is 5.99. The van der Waals surface area contributed by atoms with Crippen molar-refractivity contribution in [3.05, 3.63) is 0 Å². The molecule has 2 atom stereocenters. The minimum atomic E-state index is -0.327. The summed E-state index contributed by atoms with van der Waals surface area (Å²) in [6.07, 6.45) is 7.46. The van der Waals surface area contributed by atoms with Crippen molar-refractivity contribution in [1.82, 2.24) is 0 Å².